The van der Waals surface area contributed by atoms with Gasteiger partial charge in [-0.3, -0.25) is 5.10 Å². The van der Waals surface area contributed by atoms with Crippen LogP contribution >= 0.6 is 0 Å². The SMILES string of the molecule is Fc1ccccc1N1CCCC(Nc2ccc3cn[nH]c3c2)C1. The third-order valence-electron chi connectivity index (χ3n) is 4.43. The van der Waals surface area contributed by atoms with Crippen LogP contribution in [0.25, 0.3) is 10.9 Å². The Hall–Kier alpha value is -2.56. The minimum absolute atomic E-state index is 0.146. The average Bonchev–Trinajstić information content (AvgIpc) is 3.03. The van der Waals surface area contributed by atoms with Crippen LogP contribution in [-0.2, 0) is 0 Å². The highest BCUT2D eigenvalue weighted by molar-refractivity contribution is 5.81. The van der Waals surface area contributed by atoms with E-state index in [4.69, 9.17) is 0 Å². The van der Waals surface area contributed by atoms with Gasteiger partial charge in [-0.15, -0.1) is 0 Å². The number of H-pyrrole nitrogens is 1. The number of rotatable bonds is 3. The molecule has 2 aromatic carbocycles. The number of nitrogens with one attached hydrogen (secondary N) is 2. The lowest BCUT2D eigenvalue weighted by molar-refractivity contribution is 0.519. The van der Waals surface area contributed by atoms with Gasteiger partial charge in [0, 0.05) is 30.2 Å². The number of aromatic amines is 1. The minimum atomic E-state index is -0.146. The highest BCUT2D eigenvalue weighted by atomic mass is 19.1. The molecule has 1 aromatic heterocycles. The summed E-state index contributed by atoms with van der Waals surface area (Å²) in [5, 5.41) is 11.7. The molecule has 1 aliphatic heterocycles. The van der Waals surface area contributed by atoms with Gasteiger partial charge in [0.25, 0.3) is 0 Å². The Labute approximate surface area is 134 Å². The van der Waals surface area contributed by atoms with Crippen molar-refractivity contribution in [3.8, 4) is 0 Å². The molecule has 4 rings (SSSR count). The molecule has 0 radical (unpaired) electrons. The molecule has 0 aliphatic carbocycles. The highest BCUT2D eigenvalue weighted by Crippen LogP contribution is 2.25. The number of halogens is 1. The summed E-state index contributed by atoms with van der Waals surface area (Å²) in [6.45, 7) is 1.71. The Kier molecular flexibility index (Phi) is 3.61. The van der Waals surface area contributed by atoms with Gasteiger partial charge in [0.1, 0.15) is 5.82 Å². The molecule has 0 amide bonds. The van der Waals surface area contributed by atoms with Gasteiger partial charge in [0.2, 0.25) is 0 Å². The molecule has 118 valence electrons. The summed E-state index contributed by atoms with van der Waals surface area (Å²) >= 11 is 0. The molecule has 1 fully saturated rings. The number of benzene rings is 2. The molecular weight excluding hydrogens is 291 g/mol. The van der Waals surface area contributed by atoms with E-state index < -0.39 is 0 Å². The molecule has 0 spiro atoms. The first-order chi connectivity index (χ1) is 11.3. The molecule has 1 saturated heterocycles. The maximum atomic E-state index is 14.0. The van der Waals surface area contributed by atoms with Gasteiger partial charge in [-0.25, -0.2) is 4.39 Å². The molecule has 5 heteroatoms. The molecule has 1 unspecified atom stereocenters. The zero-order chi connectivity index (χ0) is 15.6. The van der Waals surface area contributed by atoms with Crippen LogP contribution < -0.4 is 10.2 Å². The molecule has 1 atom stereocenters. The van der Waals surface area contributed by atoms with Crippen molar-refractivity contribution in [2.45, 2.75) is 18.9 Å². The van der Waals surface area contributed by atoms with Gasteiger partial charge in [0.15, 0.2) is 0 Å². The molecule has 2 N–H and O–H groups in total. The lowest BCUT2D eigenvalue weighted by Gasteiger charge is -2.35. The van der Waals surface area contributed by atoms with Crippen LogP contribution in [-0.4, -0.2) is 29.3 Å². The summed E-state index contributed by atoms with van der Waals surface area (Å²) in [5.41, 5.74) is 2.79. The maximum absolute atomic E-state index is 14.0. The lowest BCUT2D eigenvalue weighted by atomic mass is 10.0. The van der Waals surface area contributed by atoms with E-state index in [1.165, 1.54) is 6.07 Å². The molecular formula is C18H19FN4. The fourth-order valence-corrected chi connectivity index (χ4v) is 3.28. The standard InChI is InChI=1S/C18H19FN4/c19-16-5-1-2-6-18(16)23-9-3-4-15(12-23)21-14-8-7-13-11-20-22-17(13)10-14/h1-2,5-8,10-11,15,21H,3-4,9,12H2,(H,20,22). The van der Waals surface area contributed by atoms with Gasteiger partial charge >= 0.3 is 0 Å². The molecule has 23 heavy (non-hydrogen) atoms. The number of nitrogens with zero attached hydrogens (tertiary/aromatic N) is 2. The van der Waals surface area contributed by atoms with Crippen LogP contribution in [0.5, 0.6) is 0 Å². The Balaban J connectivity index is 1.50. The number of para-hydroxylation sites is 1. The van der Waals surface area contributed by atoms with Crippen molar-refractivity contribution in [1.29, 1.82) is 0 Å². The molecule has 1 aliphatic rings. The minimum Gasteiger partial charge on any atom is -0.380 e. The number of anilines is 2. The van der Waals surface area contributed by atoms with Crippen molar-refractivity contribution in [2.75, 3.05) is 23.3 Å². The average molecular weight is 310 g/mol. The van der Waals surface area contributed by atoms with Crippen LogP contribution in [0.2, 0.25) is 0 Å². The first-order valence-electron chi connectivity index (χ1n) is 7.99. The van der Waals surface area contributed by atoms with Crippen LogP contribution in [0.1, 0.15) is 12.8 Å². The van der Waals surface area contributed by atoms with Crippen molar-refractivity contribution >= 4 is 22.3 Å². The number of hydrogen-bond donors (Lipinski definition) is 2. The smallest absolute Gasteiger partial charge is 0.146 e. The van der Waals surface area contributed by atoms with Crippen LogP contribution in [0, 0.1) is 5.82 Å². The van der Waals surface area contributed by atoms with Gasteiger partial charge < -0.3 is 10.2 Å². The summed E-state index contributed by atoms with van der Waals surface area (Å²) in [5.74, 6) is -0.146. The fourth-order valence-electron chi connectivity index (χ4n) is 3.28. The van der Waals surface area contributed by atoms with E-state index >= 15 is 0 Å². The lowest BCUT2D eigenvalue weighted by Crippen LogP contribution is -2.42. The topological polar surface area (TPSA) is 44.0 Å². The van der Waals surface area contributed by atoms with E-state index in [9.17, 15) is 4.39 Å². The van der Waals surface area contributed by atoms with Crippen molar-refractivity contribution in [3.05, 3.63) is 54.5 Å². The van der Waals surface area contributed by atoms with Crippen molar-refractivity contribution in [3.63, 3.8) is 0 Å². The molecule has 2 heterocycles. The largest absolute Gasteiger partial charge is 0.380 e. The summed E-state index contributed by atoms with van der Waals surface area (Å²) in [6.07, 6.45) is 3.96. The Morgan fingerprint density at radius 1 is 1.22 bits per heavy atom. The Morgan fingerprint density at radius 3 is 3.04 bits per heavy atom. The summed E-state index contributed by atoms with van der Waals surface area (Å²) in [6, 6.07) is 13.5. The zero-order valence-electron chi connectivity index (χ0n) is 12.8. The van der Waals surface area contributed by atoms with E-state index in [1.54, 1.807) is 6.07 Å². The van der Waals surface area contributed by atoms with Crippen LogP contribution in [0.15, 0.2) is 48.7 Å². The fraction of sp³-hybridized carbons (Fsp3) is 0.278. The van der Waals surface area contributed by atoms with E-state index in [-0.39, 0.29) is 5.82 Å². The third kappa shape index (κ3) is 2.86. The third-order valence-corrected chi connectivity index (χ3v) is 4.43. The number of piperidine rings is 1. The van der Waals surface area contributed by atoms with Gasteiger partial charge in [-0.1, -0.05) is 12.1 Å². The molecule has 3 aromatic rings. The Bertz CT molecular complexity index is 813. The first-order valence-corrected chi connectivity index (χ1v) is 7.99. The zero-order valence-corrected chi connectivity index (χ0v) is 12.8. The molecule has 0 bridgehead atoms. The van der Waals surface area contributed by atoms with Crippen molar-refractivity contribution < 1.29 is 4.39 Å². The summed E-state index contributed by atoms with van der Waals surface area (Å²) < 4.78 is 14.0. The quantitative estimate of drug-likeness (QED) is 0.773. The molecule has 0 saturated carbocycles. The number of hydrogen-bond acceptors (Lipinski definition) is 3. The first kappa shape index (κ1) is 14.1. The highest BCUT2D eigenvalue weighted by Gasteiger charge is 2.21. The molecule has 4 nitrogen and oxygen atoms in total. The predicted molar refractivity (Wildman–Crippen MR) is 91.4 cm³/mol. The number of aromatic nitrogens is 2. The normalized spacial score (nSPS) is 18.3. The van der Waals surface area contributed by atoms with E-state index in [1.807, 2.05) is 18.3 Å². The monoisotopic (exact) mass is 310 g/mol. The Morgan fingerprint density at radius 2 is 2.13 bits per heavy atom. The van der Waals surface area contributed by atoms with Gasteiger partial charge in [-0.05, 0) is 43.2 Å². The summed E-state index contributed by atoms with van der Waals surface area (Å²) in [4.78, 5) is 2.13. The second kappa shape index (κ2) is 5.91. The van der Waals surface area contributed by atoms with Crippen LogP contribution in [0.3, 0.4) is 0 Å². The van der Waals surface area contributed by atoms with E-state index in [2.05, 4.69) is 38.6 Å². The number of fused-ring (bicyclic) bond motifs is 1. The summed E-state index contributed by atoms with van der Waals surface area (Å²) in [7, 11) is 0. The second-order valence-electron chi connectivity index (χ2n) is 6.05. The van der Waals surface area contributed by atoms with Crippen LogP contribution in [0.4, 0.5) is 15.8 Å². The second-order valence-corrected chi connectivity index (χ2v) is 6.05. The predicted octanol–water partition coefficient (Wildman–Crippen LogP) is 3.78. The van der Waals surface area contributed by atoms with Crippen molar-refractivity contribution in [2.24, 2.45) is 0 Å². The maximum Gasteiger partial charge on any atom is 0.146 e. The van der Waals surface area contributed by atoms with E-state index in [0.29, 0.717) is 11.7 Å². The van der Waals surface area contributed by atoms with Gasteiger partial charge in [-0.2, -0.15) is 5.10 Å². The van der Waals surface area contributed by atoms with Crippen molar-refractivity contribution in [1.82, 2.24) is 10.2 Å². The van der Waals surface area contributed by atoms with Gasteiger partial charge in [0.05, 0.1) is 17.4 Å². The van der Waals surface area contributed by atoms with E-state index in [0.717, 1.165) is 42.5 Å².